The number of hydrogen-bond acceptors (Lipinski definition) is 5. The second-order valence-corrected chi connectivity index (χ2v) is 9.28. The predicted molar refractivity (Wildman–Crippen MR) is 138 cm³/mol. The maximum absolute atomic E-state index is 13.2. The smallest absolute Gasteiger partial charge is 0.266 e. The topological polar surface area (TPSA) is 51.1 Å². The van der Waals surface area contributed by atoms with Crippen molar-refractivity contribution in [3.63, 3.8) is 0 Å². The zero-order chi connectivity index (χ0) is 24.1. The fourth-order valence-corrected chi connectivity index (χ4v) is 4.61. The van der Waals surface area contributed by atoms with Crippen LogP contribution in [0.3, 0.4) is 0 Å². The zero-order valence-electron chi connectivity index (χ0n) is 18.6. The summed E-state index contributed by atoms with van der Waals surface area (Å²) in [6, 6.07) is 19.3. The van der Waals surface area contributed by atoms with Gasteiger partial charge < -0.3 is 9.47 Å². The molecule has 0 bridgehead atoms. The number of carbonyl (C=O) groups is 1. The highest BCUT2D eigenvalue weighted by Crippen LogP contribution is 2.36. The summed E-state index contributed by atoms with van der Waals surface area (Å²) in [5, 5.41) is 0.562. The van der Waals surface area contributed by atoms with Crippen molar-refractivity contribution in [1.29, 1.82) is 0 Å². The maximum atomic E-state index is 13.2. The molecule has 0 aliphatic carbocycles. The summed E-state index contributed by atoms with van der Waals surface area (Å²) in [6.45, 7) is 2.78. The van der Waals surface area contributed by atoms with E-state index in [1.165, 1.54) is 23.9 Å². The Morgan fingerprint density at radius 3 is 2.47 bits per heavy atom. The number of amidine groups is 1. The Morgan fingerprint density at radius 1 is 1.06 bits per heavy atom. The Kier molecular flexibility index (Phi) is 7.70. The van der Waals surface area contributed by atoms with E-state index >= 15 is 0 Å². The van der Waals surface area contributed by atoms with Crippen LogP contribution in [0.4, 0.5) is 10.1 Å². The van der Waals surface area contributed by atoms with Gasteiger partial charge in [-0.05, 0) is 84.4 Å². The molecule has 174 valence electrons. The lowest BCUT2D eigenvalue weighted by Crippen LogP contribution is -2.28. The minimum absolute atomic E-state index is 0.122. The Morgan fingerprint density at radius 2 is 1.79 bits per heavy atom. The Balaban J connectivity index is 1.53. The van der Waals surface area contributed by atoms with Crippen molar-refractivity contribution in [2.75, 3.05) is 13.7 Å². The van der Waals surface area contributed by atoms with Crippen LogP contribution < -0.4 is 9.47 Å². The Bertz CT molecular complexity index is 1240. The van der Waals surface area contributed by atoms with Gasteiger partial charge >= 0.3 is 0 Å². The average molecular weight is 541 g/mol. The van der Waals surface area contributed by atoms with Crippen LogP contribution >= 0.6 is 27.7 Å². The molecular weight excluding hydrogens is 519 g/mol. The monoisotopic (exact) mass is 540 g/mol. The van der Waals surface area contributed by atoms with E-state index in [0.29, 0.717) is 40.4 Å². The summed E-state index contributed by atoms with van der Waals surface area (Å²) in [6.07, 6.45) is 1.81. The Labute approximate surface area is 210 Å². The van der Waals surface area contributed by atoms with Gasteiger partial charge in [-0.15, -0.1) is 0 Å². The number of rotatable bonds is 7. The molecule has 1 aliphatic rings. The number of methoxy groups -OCH3 is 1. The summed E-state index contributed by atoms with van der Waals surface area (Å²) >= 11 is 4.72. The minimum atomic E-state index is -0.328. The second-order valence-electron chi connectivity index (χ2n) is 7.36. The van der Waals surface area contributed by atoms with E-state index in [-0.39, 0.29) is 11.7 Å². The molecule has 0 aromatic heterocycles. The van der Waals surface area contributed by atoms with Crippen LogP contribution in [0.2, 0.25) is 0 Å². The van der Waals surface area contributed by atoms with Crippen molar-refractivity contribution < 1.29 is 18.7 Å². The number of ether oxygens (including phenoxy) is 2. The van der Waals surface area contributed by atoms with Crippen LogP contribution in [0.1, 0.15) is 18.1 Å². The van der Waals surface area contributed by atoms with Gasteiger partial charge in [-0.2, -0.15) is 0 Å². The summed E-state index contributed by atoms with van der Waals surface area (Å²) in [5.74, 6) is 0.745. The van der Waals surface area contributed by atoms with Crippen LogP contribution in [0, 0.1) is 5.82 Å². The van der Waals surface area contributed by atoms with E-state index in [1.54, 1.807) is 24.1 Å². The van der Waals surface area contributed by atoms with E-state index < -0.39 is 0 Å². The van der Waals surface area contributed by atoms with Crippen molar-refractivity contribution in [3.8, 4) is 11.5 Å². The number of carbonyl (C=O) groups excluding carboxylic acids is 1. The molecule has 1 amide bonds. The molecule has 0 atom stereocenters. The molecule has 1 fully saturated rings. The van der Waals surface area contributed by atoms with Gasteiger partial charge in [-0.1, -0.05) is 34.1 Å². The lowest BCUT2D eigenvalue weighted by Gasteiger charge is -2.12. The quantitative estimate of drug-likeness (QED) is 0.309. The molecule has 0 radical (unpaired) electrons. The number of likely N-dealkylation sites (N-methyl/N-ethyl adjacent to an activating group) is 1. The van der Waals surface area contributed by atoms with E-state index in [1.807, 2.05) is 55.5 Å². The first-order valence-electron chi connectivity index (χ1n) is 10.6. The number of thioether (sulfide) groups is 1. The lowest BCUT2D eigenvalue weighted by atomic mass is 10.1. The molecular formula is C26H22BrFN2O3S. The number of amides is 1. The van der Waals surface area contributed by atoms with E-state index in [4.69, 9.17) is 9.47 Å². The first-order valence-corrected chi connectivity index (χ1v) is 12.2. The normalized spacial score (nSPS) is 15.9. The van der Waals surface area contributed by atoms with Crippen molar-refractivity contribution in [2.24, 2.45) is 4.99 Å². The van der Waals surface area contributed by atoms with Gasteiger partial charge in [0.15, 0.2) is 16.7 Å². The van der Waals surface area contributed by atoms with Gasteiger partial charge in [0, 0.05) is 11.0 Å². The number of nitrogens with zero attached hydrogens (tertiary/aromatic N) is 2. The van der Waals surface area contributed by atoms with Crippen LogP contribution in [-0.2, 0) is 11.4 Å². The van der Waals surface area contributed by atoms with Crippen LogP contribution in [0.25, 0.3) is 6.08 Å². The van der Waals surface area contributed by atoms with Crippen LogP contribution in [0.15, 0.2) is 81.1 Å². The zero-order valence-corrected chi connectivity index (χ0v) is 21.0. The van der Waals surface area contributed by atoms with Crippen molar-refractivity contribution in [3.05, 3.63) is 93.1 Å². The molecule has 0 saturated carbocycles. The Hall–Kier alpha value is -3.10. The highest BCUT2D eigenvalue weighted by Gasteiger charge is 2.32. The fourth-order valence-electron chi connectivity index (χ4n) is 3.28. The van der Waals surface area contributed by atoms with Crippen molar-refractivity contribution in [2.45, 2.75) is 13.5 Å². The van der Waals surface area contributed by atoms with Crippen molar-refractivity contribution in [1.82, 2.24) is 4.90 Å². The molecule has 1 heterocycles. The lowest BCUT2D eigenvalue weighted by molar-refractivity contribution is -0.122. The van der Waals surface area contributed by atoms with Gasteiger partial charge in [0.2, 0.25) is 0 Å². The molecule has 3 aromatic carbocycles. The summed E-state index contributed by atoms with van der Waals surface area (Å²) < 4.78 is 25.7. The highest BCUT2D eigenvalue weighted by molar-refractivity contribution is 9.10. The average Bonchev–Trinajstić information content (AvgIpc) is 3.14. The number of halogens is 2. The third-order valence-corrected chi connectivity index (χ3v) is 6.58. The maximum Gasteiger partial charge on any atom is 0.266 e. The standard InChI is InChI=1S/C26H22BrFN2O3S/c1-3-30-25(31)24(34-26(30)29-21-11-9-20(28)10-12-21)15-18-6-13-22(23(14-18)32-2)33-16-17-4-7-19(27)8-5-17/h4-15H,3,16H2,1-2H3/b24-15+,29-26?. The van der Waals surface area contributed by atoms with Gasteiger partial charge in [-0.3, -0.25) is 9.69 Å². The number of hydrogen-bond donors (Lipinski definition) is 0. The summed E-state index contributed by atoms with van der Waals surface area (Å²) in [4.78, 5) is 19.6. The SMILES string of the molecule is CCN1C(=O)/C(=C\c2ccc(OCc3ccc(Br)cc3)c(OC)c2)SC1=Nc1ccc(F)cc1. The second kappa shape index (κ2) is 10.9. The molecule has 4 rings (SSSR count). The third-order valence-electron chi connectivity index (χ3n) is 5.05. The van der Waals surface area contributed by atoms with E-state index in [2.05, 4.69) is 20.9 Å². The summed E-state index contributed by atoms with van der Waals surface area (Å²) in [7, 11) is 1.58. The first kappa shape index (κ1) is 24.0. The third kappa shape index (κ3) is 5.69. The van der Waals surface area contributed by atoms with Crippen molar-refractivity contribution >= 4 is 50.5 Å². The molecule has 1 aliphatic heterocycles. The molecule has 8 heteroatoms. The van der Waals surface area contributed by atoms with Crippen LogP contribution in [-0.4, -0.2) is 29.6 Å². The first-order chi connectivity index (χ1) is 16.5. The molecule has 0 unspecified atom stereocenters. The molecule has 0 N–H and O–H groups in total. The van der Waals surface area contributed by atoms with Gasteiger partial charge in [0.05, 0.1) is 17.7 Å². The summed E-state index contributed by atoms with van der Waals surface area (Å²) in [5.41, 5.74) is 2.44. The predicted octanol–water partition coefficient (Wildman–Crippen LogP) is 6.80. The molecule has 5 nitrogen and oxygen atoms in total. The van der Waals surface area contributed by atoms with Gasteiger partial charge in [0.25, 0.3) is 5.91 Å². The van der Waals surface area contributed by atoms with Gasteiger partial charge in [0.1, 0.15) is 12.4 Å². The van der Waals surface area contributed by atoms with Crippen LogP contribution in [0.5, 0.6) is 11.5 Å². The van der Waals surface area contributed by atoms with Gasteiger partial charge in [-0.25, -0.2) is 9.38 Å². The minimum Gasteiger partial charge on any atom is -0.493 e. The molecule has 0 spiro atoms. The molecule has 3 aromatic rings. The number of benzene rings is 3. The molecule has 34 heavy (non-hydrogen) atoms. The van der Waals surface area contributed by atoms with E-state index in [0.717, 1.165) is 15.6 Å². The van der Waals surface area contributed by atoms with E-state index in [9.17, 15) is 9.18 Å². The number of aliphatic imine (C=N–C) groups is 1. The molecule has 1 saturated heterocycles. The largest absolute Gasteiger partial charge is 0.493 e. The highest BCUT2D eigenvalue weighted by atomic mass is 79.9. The fraction of sp³-hybridized carbons (Fsp3) is 0.154.